The average molecular weight is 409 g/mol. The van der Waals surface area contributed by atoms with Crippen molar-refractivity contribution in [2.75, 3.05) is 13.2 Å². The summed E-state index contributed by atoms with van der Waals surface area (Å²) in [6, 6.07) is 10.4. The van der Waals surface area contributed by atoms with E-state index in [2.05, 4.69) is 4.57 Å². The molecule has 0 spiro atoms. The molecule has 3 aromatic rings. The summed E-state index contributed by atoms with van der Waals surface area (Å²) < 4.78 is 21.8. The number of aromatic hydroxyl groups is 1. The molecule has 0 bridgehead atoms. The molecule has 2 N–H and O–H groups in total. The van der Waals surface area contributed by atoms with Crippen molar-refractivity contribution < 1.29 is 24.1 Å². The van der Waals surface area contributed by atoms with Gasteiger partial charge in [-0.25, -0.2) is 4.39 Å². The fourth-order valence-electron chi connectivity index (χ4n) is 5.01. The van der Waals surface area contributed by atoms with Crippen molar-refractivity contribution in [1.82, 2.24) is 4.57 Å². The molecule has 1 saturated carbocycles. The van der Waals surface area contributed by atoms with Crippen LogP contribution in [0.3, 0.4) is 0 Å². The van der Waals surface area contributed by atoms with Gasteiger partial charge >= 0.3 is 5.97 Å². The highest BCUT2D eigenvalue weighted by Crippen LogP contribution is 2.50. The zero-order valence-corrected chi connectivity index (χ0v) is 16.8. The number of aliphatic carboxylic acids is 1. The van der Waals surface area contributed by atoms with Gasteiger partial charge in [0, 0.05) is 29.3 Å². The number of phenols is 1. The molecule has 2 fully saturated rings. The Hall–Kier alpha value is -2.86. The Kier molecular flexibility index (Phi) is 4.54. The van der Waals surface area contributed by atoms with Gasteiger partial charge in [-0.15, -0.1) is 0 Å². The number of aryl methyl sites for hydroxylation is 1. The van der Waals surface area contributed by atoms with E-state index in [1.807, 2.05) is 12.1 Å². The third-order valence-corrected chi connectivity index (χ3v) is 6.64. The van der Waals surface area contributed by atoms with Gasteiger partial charge in [0.25, 0.3) is 0 Å². The van der Waals surface area contributed by atoms with E-state index in [0.29, 0.717) is 31.6 Å². The van der Waals surface area contributed by atoms with Crippen molar-refractivity contribution in [1.29, 1.82) is 0 Å². The molecule has 1 aliphatic heterocycles. The molecule has 0 amide bonds. The first-order valence-corrected chi connectivity index (χ1v) is 10.4. The molecule has 6 heteroatoms. The minimum Gasteiger partial charge on any atom is -0.508 e. The van der Waals surface area contributed by atoms with Gasteiger partial charge in [-0.05, 0) is 79.6 Å². The van der Waals surface area contributed by atoms with Crippen molar-refractivity contribution >= 4 is 16.9 Å². The summed E-state index contributed by atoms with van der Waals surface area (Å²) >= 11 is 0. The van der Waals surface area contributed by atoms with Crippen LogP contribution in [0.4, 0.5) is 4.39 Å². The molecule has 2 aromatic carbocycles. The van der Waals surface area contributed by atoms with Gasteiger partial charge in [-0.1, -0.05) is 0 Å². The lowest BCUT2D eigenvalue weighted by atomic mass is 9.70. The summed E-state index contributed by atoms with van der Waals surface area (Å²) in [5.74, 6) is -0.858. The zero-order chi connectivity index (χ0) is 21.0. The number of ether oxygens (including phenoxy) is 1. The van der Waals surface area contributed by atoms with Gasteiger partial charge < -0.3 is 19.5 Å². The van der Waals surface area contributed by atoms with Crippen molar-refractivity contribution in [3.63, 3.8) is 0 Å². The van der Waals surface area contributed by atoms with Crippen LogP contribution in [0.1, 0.15) is 47.9 Å². The molecule has 5 rings (SSSR count). The number of carboxylic acid groups (broad SMARTS) is 1. The van der Waals surface area contributed by atoms with Gasteiger partial charge in [-0.2, -0.15) is 0 Å². The second-order valence-corrected chi connectivity index (χ2v) is 8.53. The van der Waals surface area contributed by atoms with E-state index in [1.54, 1.807) is 25.1 Å². The topological polar surface area (TPSA) is 71.7 Å². The van der Waals surface area contributed by atoms with E-state index in [4.69, 9.17) is 4.74 Å². The Morgan fingerprint density at radius 3 is 2.63 bits per heavy atom. The molecule has 30 heavy (non-hydrogen) atoms. The normalized spacial score (nSPS) is 23.6. The van der Waals surface area contributed by atoms with Gasteiger partial charge in [0.1, 0.15) is 11.6 Å². The quantitative estimate of drug-likeness (QED) is 0.645. The number of halogens is 1. The number of hydrogen-bond acceptors (Lipinski definition) is 3. The molecule has 2 aliphatic rings. The van der Waals surface area contributed by atoms with Crippen LogP contribution in [0, 0.1) is 18.7 Å². The molecular weight excluding hydrogens is 385 g/mol. The Balaban J connectivity index is 1.76. The molecular formula is C24H24FNO4. The smallest absolute Gasteiger partial charge is 0.306 e. The van der Waals surface area contributed by atoms with E-state index >= 15 is 0 Å². The Bertz CT molecular complexity index is 1140. The maximum absolute atomic E-state index is 14.0. The summed E-state index contributed by atoms with van der Waals surface area (Å²) in [7, 11) is 0. The number of hydrogen-bond donors (Lipinski definition) is 2. The van der Waals surface area contributed by atoms with E-state index in [0.717, 1.165) is 34.3 Å². The first kappa shape index (κ1) is 19.1. The van der Waals surface area contributed by atoms with E-state index < -0.39 is 5.97 Å². The first-order valence-electron chi connectivity index (χ1n) is 10.4. The zero-order valence-electron chi connectivity index (χ0n) is 16.8. The van der Waals surface area contributed by atoms with Gasteiger partial charge in [0.15, 0.2) is 0 Å². The second-order valence-electron chi connectivity index (χ2n) is 8.53. The van der Waals surface area contributed by atoms with Crippen LogP contribution >= 0.6 is 0 Å². The van der Waals surface area contributed by atoms with Crippen LogP contribution in [-0.4, -0.2) is 34.0 Å². The number of nitrogens with zero attached hydrogens (tertiary/aromatic N) is 1. The lowest BCUT2D eigenvalue weighted by Crippen LogP contribution is -2.29. The number of fused-ring (bicyclic) bond motifs is 1. The maximum Gasteiger partial charge on any atom is 0.306 e. The molecule has 156 valence electrons. The third-order valence-electron chi connectivity index (χ3n) is 6.64. The molecule has 1 aromatic heterocycles. The van der Waals surface area contributed by atoms with Crippen LogP contribution in [0.2, 0.25) is 0 Å². The van der Waals surface area contributed by atoms with Crippen LogP contribution in [0.25, 0.3) is 16.6 Å². The fourth-order valence-corrected chi connectivity index (χ4v) is 5.01. The van der Waals surface area contributed by atoms with Crippen molar-refractivity contribution in [2.24, 2.45) is 5.92 Å². The predicted octanol–water partition coefficient (Wildman–Crippen LogP) is 4.87. The molecule has 1 saturated heterocycles. The highest BCUT2D eigenvalue weighted by atomic mass is 19.1. The van der Waals surface area contributed by atoms with E-state index in [1.165, 1.54) is 6.07 Å². The summed E-state index contributed by atoms with van der Waals surface area (Å²) in [5.41, 5.74) is 4.59. The highest BCUT2D eigenvalue weighted by Gasteiger charge is 2.40. The van der Waals surface area contributed by atoms with Crippen LogP contribution in [0.5, 0.6) is 5.75 Å². The number of rotatable bonds is 4. The lowest BCUT2D eigenvalue weighted by Gasteiger charge is -2.34. The molecule has 5 nitrogen and oxygen atoms in total. The largest absolute Gasteiger partial charge is 0.508 e. The fraction of sp³-hybridized carbons (Fsp3) is 0.375. The summed E-state index contributed by atoms with van der Waals surface area (Å²) in [5, 5.41) is 20.5. The summed E-state index contributed by atoms with van der Waals surface area (Å²) in [6.45, 7) is 3.03. The summed E-state index contributed by atoms with van der Waals surface area (Å²) in [6.07, 6.45) is 2.06. The lowest BCUT2D eigenvalue weighted by molar-refractivity contribution is -0.145. The SMILES string of the molecule is Cc1cc(-n2c([C@H]3CCOC3)c(C3CC(C(=O)O)C3)c3cc(O)ccc32)ccc1F. The number of benzene rings is 2. The number of phenolic OH excluding ortho intramolecular Hbond substituents is 1. The molecule has 0 unspecified atom stereocenters. The van der Waals surface area contributed by atoms with Crippen LogP contribution in [-0.2, 0) is 9.53 Å². The van der Waals surface area contributed by atoms with E-state index in [-0.39, 0.29) is 29.3 Å². The number of aromatic nitrogens is 1. The predicted molar refractivity (Wildman–Crippen MR) is 111 cm³/mol. The van der Waals surface area contributed by atoms with Crippen LogP contribution in [0.15, 0.2) is 36.4 Å². The average Bonchev–Trinajstić information content (AvgIpc) is 3.29. The number of carbonyl (C=O) groups is 1. The minimum atomic E-state index is -0.752. The van der Waals surface area contributed by atoms with Crippen LogP contribution < -0.4 is 0 Å². The Labute approximate surface area is 173 Å². The van der Waals surface area contributed by atoms with Gasteiger partial charge in [0.2, 0.25) is 0 Å². The van der Waals surface area contributed by atoms with Gasteiger partial charge in [-0.3, -0.25) is 4.79 Å². The molecule has 2 heterocycles. The van der Waals surface area contributed by atoms with E-state index in [9.17, 15) is 19.4 Å². The molecule has 0 radical (unpaired) electrons. The molecule has 1 atom stereocenters. The summed E-state index contributed by atoms with van der Waals surface area (Å²) in [4.78, 5) is 11.4. The van der Waals surface area contributed by atoms with Gasteiger partial charge in [0.05, 0.1) is 18.0 Å². The second kappa shape index (κ2) is 7.13. The first-order chi connectivity index (χ1) is 14.4. The van der Waals surface area contributed by atoms with Crippen molar-refractivity contribution in [3.8, 4) is 11.4 Å². The Morgan fingerprint density at radius 1 is 1.17 bits per heavy atom. The third kappa shape index (κ3) is 2.98. The number of carboxylic acids is 1. The van der Waals surface area contributed by atoms with Crippen molar-refractivity contribution in [2.45, 2.75) is 38.0 Å². The standard InChI is InChI=1S/C24H24FNO4/c1-13-8-17(2-4-20(13)25)26-21-5-3-18(27)11-19(21)22(15-9-16(10-15)24(28)29)23(26)14-6-7-30-12-14/h2-5,8,11,14-16,27H,6-7,9-10,12H2,1H3,(H,28,29)/t14-,15?,16?/m0/s1. The highest BCUT2D eigenvalue weighted by molar-refractivity contribution is 5.90. The maximum atomic E-state index is 14.0. The Morgan fingerprint density at radius 2 is 1.97 bits per heavy atom. The monoisotopic (exact) mass is 409 g/mol. The minimum absolute atomic E-state index is 0.119. The molecule has 1 aliphatic carbocycles. The van der Waals surface area contributed by atoms with Crippen molar-refractivity contribution in [3.05, 3.63) is 59.0 Å².